The summed E-state index contributed by atoms with van der Waals surface area (Å²) in [5.41, 5.74) is 0.830. The van der Waals surface area contributed by atoms with E-state index >= 15 is 0 Å². The highest BCUT2D eigenvalue weighted by atomic mass is 127. The molecule has 2 rings (SSSR count). The number of guanidine groups is 1. The van der Waals surface area contributed by atoms with E-state index in [9.17, 15) is 5.11 Å². The van der Waals surface area contributed by atoms with E-state index in [2.05, 4.69) is 15.6 Å². The highest BCUT2D eigenvalue weighted by molar-refractivity contribution is 14.0. The molecule has 1 aromatic carbocycles. The molecule has 1 aromatic rings. The van der Waals surface area contributed by atoms with Crippen LogP contribution < -0.4 is 15.4 Å². The van der Waals surface area contributed by atoms with Gasteiger partial charge in [-0.1, -0.05) is 31.4 Å². The number of aliphatic imine (C=N–C) groups is 1. The third-order valence-corrected chi connectivity index (χ3v) is 4.79. The zero-order valence-electron chi connectivity index (χ0n) is 17.2. The van der Waals surface area contributed by atoms with Gasteiger partial charge in [-0.15, -0.1) is 24.0 Å². The molecule has 0 saturated heterocycles. The van der Waals surface area contributed by atoms with Gasteiger partial charge in [0.25, 0.3) is 0 Å². The molecule has 1 fully saturated rings. The molecule has 0 radical (unpaired) electrons. The number of benzene rings is 1. The maximum atomic E-state index is 10.3. The fourth-order valence-electron chi connectivity index (χ4n) is 3.21. The molecule has 7 heteroatoms. The summed E-state index contributed by atoms with van der Waals surface area (Å²) in [5.74, 6) is 1.50. The van der Waals surface area contributed by atoms with E-state index in [-0.39, 0.29) is 24.0 Å². The fraction of sp³-hybridized carbons (Fsp3) is 0.667. The number of hydrogen-bond donors (Lipinski definition) is 3. The lowest BCUT2D eigenvalue weighted by Crippen LogP contribution is -2.38. The Morgan fingerprint density at radius 2 is 1.89 bits per heavy atom. The van der Waals surface area contributed by atoms with Crippen molar-refractivity contribution in [2.45, 2.75) is 57.7 Å². The lowest BCUT2D eigenvalue weighted by molar-refractivity contribution is 0.0277. The van der Waals surface area contributed by atoms with Crippen molar-refractivity contribution in [2.75, 3.05) is 33.4 Å². The molecule has 1 saturated carbocycles. The molecule has 0 spiro atoms. The molecule has 1 atom stereocenters. The number of halogens is 1. The Bertz CT molecular complexity index is 548. The smallest absolute Gasteiger partial charge is 0.191 e. The van der Waals surface area contributed by atoms with Crippen LogP contribution in [-0.4, -0.2) is 50.5 Å². The Balaban J connectivity index is 0.00000392. The number of hydrogen-bond acceptors (Lipinski definition) is 4. The van der Waals surface area contributed by atoms with E-state index < -0.39 is 6.10 Å². The Morgan fingerprint density at radius 1 is 1.18 bits per heavy atom. The second kappa shape index (κ2) is 14.9. The first-order valence-corrected chi connectivity index (χ1v) is 10.2. The summed E-state index contributed by atoms with van der Waals surface area (Å²) in [4.78, 5) is 4.49. The van der Waals surface area contributed by atoms with Crippen LogP contribution in [0.2, 0.25) is 0 Å². The molecular formula is C21H36IN3O3. The quantitative estimate of drug-likeness (QED) is 0.196. The van der Waals surface area contributed by atoms with E-state index in [1.807, 2.05) is 31.2 Å². The van der Waals surface area contributed by atoms with Gasteiger partial charge in [-0.2, -0.15) is 0 Å². The standard InChI is InChI=1S/C21H35N3O3.HI/c1-3-22-21(23-14-7-15-27-19-8-5-4-6-9-19)24-16-20(25)17-10-12-18(26-2)13-11-17;/h10-13,19-20,25H,3-9,14-16H2,1-2H3,(H2,22,23,24);1H. The van der Waals surface area contributed by atoms with Gasteiger partial charge in [0.2, 0.25) is 0 Å². The van der Waals surface area contributed by atoms with Crippen LogP contribution in [0.5, 0.6) is 5.75 Å². The van der Waals surface area contributed by atoms with Gasteiger partial charge >= 0.3 is 0 Å². The first-order chi connectivity index (χ1) is 13.2. The fourth-order valence-corrected chi connectivity index (χ4v) is 3.21. The van der Waals surface area contributed by atoms with Crippen LogP contribution >= 0.6 is 24.0 Å². The Kier molecular flexibility index (Phi) is 13.3. The molecule has 1 aliphatic rings. The van der Waals surface area contributed by atoms with Crippen molar-refractivity contribution in [3.8, 4) is 5.75 Å². The highest BCUT2D eigenvalue weighted by Gasteiger charge is 2.13. The van der Waals surface area contributed by atoms with Crippen molar-refractivity contribution >= 4 is 29.9 Å². The second-order valence-electron chi connectivity index (χ2n) is 6.92. The van der Waals surface area contributed by atoms with Crippen molar-refractivity contribution in [3.63, 3.8) is 0 Å². The first kappa shape index (κ1) is 25.0. The Morgan fingerprint density at radius 3 is 2.54 bits per heavy atom. The number of nitrogens with one attached hydrogen (secondary N) is 2. The van der Waals surface area contributed by atoms with Crippen molar-refractivity contribution in [2.24, 2.45) is 4.99 Å². The van der Waals surface area contributed by atoms with Crippen LogP contribution in [0.4, 0.5) is 0 Å². The summed E-state index contributed by atoms with van der Waals surface area (Å²) >= 11 is 0. The molecule has 0 aromatic heterocycles. The van der Waals surface area contributed by atoms with Gasteiger partial charge in [-0.05, 0) is 43.9 Å². The molecule has 6 nitrogen and oxygen atoms in total. The molecule has 0 heterocycles. The molecule has 1 aliphatic carbocycles. The molecule has 160 valence electrons. The number of aliphatic hydroxyl groups excluding tert-OH is 1. The molecule has 1 unspecified atom stereocenters. The lowest BCUT2D eigenvalue weighted by atomic mass is 9.98. The minimum atomic E-state index is -0.638. The van der Waals surface area contributed by atoms with Crippen molar-refractivity contribution in [1.29, 1.82) is 0 Å². The zero-order valence-corrected chi connectivity index (χ0v) is 19.5. The SMILES string of the molecule is CCNC(=NCC(O)c1ccc(OC)cc1)NCCCOC1CCCCC1.I. The normalized spacial score (nSPS) is 16.2. The van der Waals surface area contributed by atoms with Gasteiger partial charge in [-0.25, -0.2) is 0 Å². The van der Waals surface area contributed by atoms with Gasteiger partial charge in [0, 0.05) is 19.7 Å². The largest absolute Gasteiger partial charge is 0.497 e. The van der Waals surface area contributed by atoms with Crippen molar-refractivity contribution < 1.29 is 14.6 Å². The first-order valence-electron chi connectivity index (χ1n) is 10.2. The van der Waals surface area contributed by atoms with E-state index in [0.717, 1.165) is 43.4 Å². The van der Waals surface area contributed by atoms with Gasteiger partial charge in [0.1, 0.15) is 5.75 Å². The molecular weight excluding hydrogens is 469 g/mol. The average molecular weight is 505 g/mol. The molecule has 0 aliphatic heterocycles. The zero-order chi connectivity index (χ0) is 19.3. The van der Waals surface area contributed by atoms with Crippen molar-refractivity contribution in [1.82, 2.24) is 10.6 Å². The summed E-state index contributed by atoms with van der Waals surface area (Å²) < 4.78 is 11.1. The Labute approximate surface area is 186 Å². The Hall–Kier alpha value is -1.06. The van der Waals surface area contributed by atoms with E-state index in [4.69, 9.17) is 9.47 Å². The highest BCUT2D eigenvalue weighted by Crippen LogP contribution is 2.20. The number of ether oxygens (including phenoxy) is 2. The third-order valence-electron chi connectivity index (χ3n) is 4.79. The molecule has 0 bridgehead atoms. The van der Waals surface area contributed by atoms with E-state index in [1.54, 1.807) is 7.11 Å². The van der Waals surface area contributed by atoms with E-state index in [1.165, 1.54) is 32.1 Å². The topological polar surface area (TPSA) is 75.1 Å². The lowest BCUT2D eigenvalue weighted by Gasteiger charge is -2.22. The average Bonchev–Trinajstić information content (AvgIpc) is 2.72. The maximum absolute atomic E-state index is 10.3. The van der Waals surface area contributed by atoms with Crippen LogP contribution in [0.3, 0.4) is 0 Å². The van der Waals surface area contributed by atoms with Gasteiger partial charge in [0.05, 0.1) is 25.9 Å². The van der Waals surface area contributed by atoms with Crippen LogP contribution in [0.1, 0.15) is 57.1 Å². The predicted octanol–water partition coefficient (Wildman–Crippen LogP) is 3.64. The molecule has 3 N–H and O–H groups in total. The van der Waals surface area contributed by atoms with Gasteiger partial charge in [-0.3, -0.25) is 4.99 Å². The number of methoxy groups -OCH3 is 1. The monoisotopic (exact) mass is 505 g/mol. The van der Waals surface area contributed by atoms with Crippen LogP contribution in [0.15, 0.2) is 29.3 Å². The van der Waals surface area contributed by atoms with E-state index in [0.29, 0.717) is 12.6 Å². The minimum absolute atomic E-state index is 0. The van der Waals surface area contributed by atoms with Crippen LogP contribution in [0, 0.1) is 0 Å². The summed E-state index contributed by atoms with van der Waals surface area (Å²) in [5, 5.41) is 16.9. The molecule has 0 amide bonds. The summed E-state index contributed by atoms with van der Waals surface area (Å²) in [6.07, 6.45) is 7.14. The third kappa shape index (κ3) is 9.43. The van der Waals surface area contributed by atoms with Crippen LogP contribution in [0.25, 0.3) is 0 Å². The minimum Gasteiger partial charge on any atom is -0.497 e. The molecule has 28 heavy (non-hydrogen) atoms. The summed E-state index contributed by atoms with van der Waals surface area (Å²) in [6.45, 7) is 4.70. The summed E-state index contributed by atoms with van der Waals surface area (Å²) in [6, 6.07) is 7.42. The van der Waals surface area contributed by atoms with Crippen LogP contribution in [-0.2, 0) is 4.74 Å². The van der Waals surface area contributed by atoms with Crippen molar-refractivity contribution in [3.05, 3.63) is 29.8 Å². The number of aliphatic hydroxyl groups is 1. The van der Waals surface area contributed by atoms with Gasteiger partial charge < -0.3 is 25.2 Å². The number of rotatable bonds is 10. The summed E-state index contributed by atoms with van der Waals surface area (Å²) in [7, 11) is 1.63. The maximum Gasteiger partial charge on any atom is 0.191 e. The predicted molar refractivity (Wildman–Crippen MR) is 125 cm³/mol. The second-order valence-corrected chi connectivity index (χ2v) is 6.92. The number of nitrogens with zero attached hydrogens (tertiary/aromatic N) is 1. The van der Waals surface area contributed by atoms with Gasteiger partial charge in [0.15, 0.2) is 5.96 Å².